The van der Waals surface area contributed by atoms with E-state index in [0.29, 0.717) is 0 Å². The van der Waals surface area contributed by atoms with E-state index in [1.807, 2.05) is 25.3 Å². The summed E-state index contributed by atoms with van der Waals surface area (Å²) >= 11 is 0. The molecule has 0 amide bonds. The molecule has 0 aliphatic rings. The third kappa shape index (κ3) is 2.41. The minimum Gasteiger partial charge on any atom is -0.478 e. The van der Waals surface area contributed by atoms with Gasteiger partial charge in [0.05, 0.1) is 16.6 Å². The van der Waals surface area contributed by atoms with Gasteiger partial charge in [-0.25, -0.2) is 9.78 Å². The summed E-state index contributed by atoms with van der Waals surface area (Å²) in [4.78, 5) is 15.7. The lowest BCUT2D eigenvalue weighted by Gasteiger charge is -2.22. The van der Waals surface area contributed by atoms with E-state index in [2.05, 4.69) is 4.98 Å². The van der Waals surface area contributed by atoms with Gasteiger partial charge in [-0.1, -0.05) is 13.8 Å². The van der Waals surface area contributed by atoms with Crippen molar-refractivity contribution in [2.24, 2.45) is 5.92 Å². The first-order valence-corrected chi connectivity index (χ1v) is 6.84. The first kappa shape index (κ1) is 14.5. The first-order valence-electron chi connectivity index (χ1n) is 6.84. The van der Waals surface area contributed by atoms with Gasteiger partial charge < -0.3 is 14.8 Å². The number of aromatic nitrogens is 2. The molecule has 0 bridgehead atoms. The van der Waals surface area contributed by atoms with E-state index in [1.54, 1.807) is 18.2 Å². The summed E-state index contributed by atoms with van der Waals surface area (Å²) in [6.45, 7) is 6.10. The molecule has 0 aliphatic heterocycles. The molecule has 0 radical (unpaired) electrons. The highest BCUT2D eigenvalue weighted by Crippen LogP contribution is 2.27. The van der Waals surface area contributed by atoms with Crippen molar-refractivity contribution >= 4 is 17.0 Å². The lowest BCUT2D eigenvalue weighted by molar-refractivity contribution is 0.0697. The molecule has 0 spiro atoms. The zero-order chi connectivity index (χ0) is 14.9. The van der Waals surface area contributed by atoms with Gasteiger partial charge in [0.2, 0.25) is 0 Å². The summed E-state index contributed by atoms with van der Waals surface area (Å²) in [5.41, 5.74) is 1.86. The van der Waals surface area contributed by atoms with Crippen molar-refractivity contribution in [1.29, 1.82) is 0 Å². The summed E-state index contributed by atoms with van der Waals surface area (Å²) in [6, 6.07) is 5.03. The van der Waals surface area contributed by atoms with Crippen molar-refractivity contribution in [2.45, 2.75) is 33.2 Å². The SMILES string of the molecule is CCc1nc2ccc(C(=O)O)cc2n1C(C)C(C)CO. The van der Waals surface area contributed by atoms with Crippen LogP contribution in [0.15, 0.2) is 18.2 Å². The fraction of sp³-hybridized carbons (Fsp3) is 0.467. The van der Waals surface area contributed by atoms with E-state index in [9.17, 15) is 9.90 Å². The zero-order valence-electron chi connectivity index (χ0n) is 12.0. The number of hydrogen-bond donors (Lipinski definition) is 2. The summed E-state index contributed by atoms with van der Waals surface area (Å²) in [5.74, 6) is 0.0436. The molecular formula is C15H20N2O3. The van der Waals surface area contributed by atoms with E-state index < -0.39 is 5.97 Å². The molecule has 0 saturated heterocycles. The van der Waals surface area contributed by atoms with E-state index in [1.165, 1.54) is 0 Å². The van der Waals surface area contributed by atoms with Gasteiger partial charge in [0.25, 0.3) is 0 Å². The van der Waals surface area contributed by atoms with Crippen LogP contribution in [-0.2, 0) is 6.42 Å². The topological polar surface area (TPSA) is 75.3 Å². The standard InChI is InChI=1S/C15H20N2O3/c1-4-14-16-12-6-5-11(15(19)20)7-13(12)17(14)10(3)9(2)8-18/h5-7,9-10,18H,4,8H2,1-3H3,(H,19,20). The highest BCUT2D eigenvalue weighted by molar-refractivity contribution is 5.92. The van der Waals surface area contributed by atoms with Gasteiger partial charge in [0.1, 0.15) is 5.82 Å². The van der Waals surface area contributed by atoms with Crippen molar-refractivity contribution in [3.63, 3.8) is 0 Å². The molecule has 2 atom stereocenters. The minimum absolute atomic E-state index is 0.0593. The molecule has 1 heterocycles. The van der Waals surface area contributed by atoms with Gasteiger partial charge in [-0.05, 0) is 31.0 Å². The van der Waals surface area contributed by atoms with Gasteiger partial charge in [-0.3, -0.25) is 0 Å². The molecule has 2 aromatic rings. The van der Waals surface area contributed by atoms with Crippen molar-refractivity contribution in [1.82, 2.24) is 9.55 Å². The molecule has 2 unspecified atom stereocenters. The van der Waals surface area contributed by atoms with Crippen LogP contribution in [0.5, 0.6) is 0 Å². The number of benzene rings is 1. The summed E-state index contributed by atoms with van der Waals surface area (Å²) in [6.07, 6.45) is 0.763. The molecule has 2 N–H and O–H groups in total. The Morgan fingerprint density at radius 1 is 1.40 bits per heavy atom. The van der Waals surface area contributed by atoms with Crippen LogP contribution in [0.25, 0.3) is 11.0 Å². The first-order chi connectivity index (χ1) is 9.49. The van der Waals surface area contributed by atoms with Gasteiger partial charge >= 0.3 is 5.97 Å². The Labute approximate surface area is 117 Å². The normalized spacial score (nSPS) is 14.4. The largest absolute Gasteiger partial charge is 0.478 e. The number of aliphatic hydroxyl groups is 1. The Bertz CT molecular complexity index is 633. The van der Waals surface area contributed by atoms with Crippen LogP contribution >= 0.6 is 0 Å². The number of carbonyl (C=O) groups is 1. The molecule has 1 aromatic heterocycles. The highest BCUT2D eigenvalue weighted by atomic mass is 16.4. The maximum absolute atomic E-state index is 11.1. The third-order valence-electron chi connectivity index (χ3n) is 3.84. The Hall–Kier alpha value is -1.88. The molecule has 0 saturated carbocycles. The summed E-state index contributed by atoms with van der Waals surface area (Å²) in [5, 5.41) is 18.5. The van der Waals surface area contributed by atoms with Crippen LogP contribution in [0.1, 0.15) is 43.0 Å². The Kier molecular flexibility index (Phi) is 4.09. The Balaban J connectivity index is 2.65. The van der Waals surface area contributed by atoms with Crippen LogP contribution in [-0.4, -0.2) is 32.3 Å². The molecule has 0 fully saturated rings. The fourth-order valence-corrected chi connectivity index (χ4v) is 2.39. The number of fused-ring (bicyclic) bond motifs is 1. The summed E-state index contributed by atoms with van der Waals surface area (Å²) in [7, 11) is 0. The van der Waals surface area contributed by atoms with Gasteiger partial charge in [0, 0.05) is 19.1 Å². The number of nitrogens with zero attached hydrogens (tertiary/aromatic N) is 2. The van der Waals surface area contributed by atoms with Crippen molar-refractivity contribution in [3.8, 4) is 0 Å². The van der Waals surface area contributed by atoms with Crippen molar-refractivity contribution < 1.29 is 15.0 Å². The Morgan fingerprint density at radius 3 is 2.65 bits per heavy atom. The quantitative estimate of drug-likeness (QED) is 0.879. The number of rotatable bonds is 5. The monoisotopic (exact) mass is 276 g/mol. The number of carboxylic acids is 1. The number of aliphatic hydroxyl groups excluding tert-OH is 1. The second-order valence-corrected chi connectivity index (χ2v) is 5.16. The van der Waals surface area contributed by atoms with E-state index >= 15 is 0 Å². The van der Waals surface area contributed by atoms with Crippen LogP contribution < -0.4 is 0 Å². The van der Waals surface area contributed by atoms with E-state index in [0.717, 1.165) is 23.3 Å². The number of carboxylic acid groups (broad SMARTS) is 1. The number of aryl methyl sites for hydroxylation is 1. The number of imidazole rings is 1. The lowest BCUT2D eigenvalue weighted by atomic mass is 10.0. The number of hydrogen-bond acceptors (Lipinski definition) is 3. The van der Waals surface area contributed by atoms with Crippen LogP contribution in [0.3, 0.4) is 0 Å². The Morgan fingerprint density at radius 2 is 2.10 bits per heavy atom. The van der Waals surface area contributed by atoms with E-state index in [4.69, 9.17) is 5.11 Å². The fourth-order valence-electron chi connectivity index (χ4n) is 2.39. The number of aromatic carboxylic acids is 1. The second-order valence-electron chi connectivity index (χ2n) is 5.16. The van der Waals surface area contributed by atoms with Crippen molar-refractivity contribution in [2.75, 3.05) is 6.61 Å². The average Bonchev–Trinajstić information content (AvgIpc) is 2.82. The van der Waals surface area contributed by atoms with Gasteiger partial charge in [0.15, 0.2) is 0 Å². The zero-order valence-corrected chi connectivity index (χ0v) is 12.0. The molecule has 20 heavy (non-hydrogen) atoms. The molecule has 2 rings (SSSR count). The predicted molar refractivity (Wildman–Crippen MR) is 77.0 cm³/mol. The van der Waals surface area contributed by atoms with Crippen LogP contribution in [0.2, 0.25) is 0 Å². The molecule has 0 aliphatic carbocycles. The van der Waals surface area contributed by atoms with Gasteiger partial charge in [-0.15, -0.1) is 0 Å². The maximum Gasteiger partial charge on any atom is 0.335 e. The predicted octanol–water partition coefficient (Wildman–Crippen LogP) is 2.49. The lowest BCUT2D eigenvalue weighted by Crippen LogP contribution is -2.19. The molecule has 5 heteroatoms. The molecule has 5 nitrogen and oxygen atoms in total. The minimum atomic E-state index is -0.944. The van der Waals surface area contributed by atoms with Gasteiger partial charge in [-0.2, -0.15) is 0 Å². The van der Waals surface area contributed by atoms with Crippen LogP contribution in [0.4, 0.5) is 0 Å². The molecular weight excluding hydrogens is 256 g/mol. The molecule has 1 aromatic carbocycles. The van der Waals surface area contributed by atoms with Crippen LogP contribution in [0, 0.1) is 5.92 Å². The van der Waals surface area contributed by atoms with Crippen molar-refractivity contribution in [3.05, 3.63) is 29.6 Å². The third-order valence-corrected chi connectivity index (χ3v) is 3.84. The highest BCUT2D eigenvalue weighted by Gasteiger charge is 2.20. The summed E-state index contributed by atoms with van der Waals surface area (Å²) < 4.78 is 2.04. The molecule has 108 valence electrons. The second kappa shape index (κ2) is 5.63. The van der Waals surface area contributed by atoms with E-state index in [-0.39, 0.29) is 24.1 Å². The average molecular weight is 276 g/mol. The maximum atomic E-state index is 11.1. The smallest absolute Gasteiger partial charge is 0.335 e.